The van der Waals surface area contributed by atoms with Gasteiger partial charge in [0.1, 0.15) is 12.1 Å². The van der Waals surface area contributed by atoms with E-state index < -0.39 is 0 Å². The zero-order valence-corrected chi connectivity index (χ0v) is 15.8. The largest absolute Gasteiger partial charge is 0.353 e. The van der Waals surface area contributed by atoms with Crippen molar-refractivity contribution in [2.75, 3.05) is 38.1 Å². The molecule has 1 aliphatic heterocycles. The summed E-state index contributed by atoms with van der Waals surface area (Å²) in [6.07, 6.45) is 3.45. The van der Waals surface area contributed by atoms with Gasteiger partial charge < -0.3 is 9.80 Å². The molecule has 0 unspecified atom stereocenters. The van der Waals surface area contributed by atoms with Gasteiger partial charge in [0.15, 0.2) is 0 Å². The zero-order chi connectivity index (χ0) is 18.9. The number of rotatable bonds is 3. The minimum absolute atomic E-state index is 0.984. The van der Waals surface area contributed by atoms with Crippen molar-refractivity contribution >= 4 is 16.7 Å². The number of aromatic amines is 1. The molecule has 28 heavy (non-hydrogen) atoms. The average Bonchev–Trinajstić information content (AvgIpc) is 3.29. The average molecular weight is 370 g/mol. The Morgan fingerprint density at radius 1 is 0.857 bits per heavy atom. The molecule has 0 spiro atoms. The SMILES string of the molecule is CN1CCN(c2ncnc3ccc(-c4cccc(-c5ccn[nH]5)c4)cc23)CC1. The third kappa shape index (κ3) is 3.12. The van der Waals surface area contributed by atoms with Gasteiger partial charge in [0.25, 0.3) is 0 Å². The molecule has 0 radical (unpaired) electrons. The van der Waals surface area contributed by atoms with Crippen LogP contribution in [0.5, 0.6) is 0 Å². The first-order valence-electron chi connectivity index (χ1n) is 9.56. The second kappa shape index (κ2) is 7.05. The number of fused-ring (bicyclic) bond motifs is 1. The standard InChI is InChI=1S/C22H22N6/c1-27-9-11-28(12-10-27)22-19-14-17(5-6-21(19)23-15-24-22)16-3-2-4-18(13-16)20-7-8-25-26-20/h2-8,13-15H,9-12H2,1H3,(H,25,26). The van der Waals surface area contributed by atoms with Crippen LogP contribution in [0.4, 0.5) is 5.82 Å². The first-order valence-corrected chi connectivity index (χ1v) is 9.56. The second-order valence-corrected chi connectivity index (χ2v) is 7.27. The van der Waals surface area contributed by atoms with Crippen LogP contribution in [-0.4, -0.2) is 58.3 Å². The molecule has 0 saturated carbocycles. The molecule has 6 nitrogen and oxygen atoms in total. The lowest BCUT2D eigenvalue weighted by atomic mass is 10.00. The molecular weight excluding hydrogens is 348 g/mol. The van der Waals surface area contributed by atoms with Gasteiger partial charge in [-0.3, -0.25) is 5.10 Å². The summed E-state index contributed by atoms with van der Waals surface area (Å²) in [5, 5.41) is 8.20. The molecule has 0 aliphatic carbocycles. The van der Waals surface area contributed by atoms with E-state index in [1.54, 1.807) is 12.5 Å². The highest BCUT2D eigenvalue weighted by Crippen LogP contribution is 2.31. The Hall–Kier alpha value is -3.25. The monoisotopic (exact) mass is 370 g/mol. The Balaban J connectivity index is 1.56. The van der Waals surface area contributed by atoms with Gasteiger partial charge >= 0.3 is 0 Å². The summed E-state index contributed by atoms with van der Waals surface area (Å²) in [6, 6.07) is 16.9. The summed E-state index contributed by atoms with van der Waals surface area (Å²) < 4.78 is 0. The van der Waals surface area contributed by atoms with Crippen molar-refractivity contribution in [2.45, 2.75) is 0 Å². The van der Waals surface area contributed by atoms with Gasteiger partial charge in [-0.05, 0) is 42.4 Å². The van der Waals surface area contributed by atoms with Crippen LogP contribution in [0.1, 0.15) is 0 Å². The number of likely N-dealkylation sites (N-methyl/N-ethyl adjacent to an activating group) is 1. The molecule has 1 aliphatic rings. The van der Waals surface area contributed by atoms with E-state index in [2.05, 4.69) is 79.5 Å². The fourth-order valence-corrected chi connectivity index (χ4v) is 3.78. The van der Waals surface area contributed by atoms with Crippen molar-refractivity contribution in [2.24, 2.45) is 0 Å². The molecule has 0 atom stereocenters. The number of hydrogen-bond donors (Lipinski definition) is 1. The molecule has 1 saturated heterocycles. The highest BCUT2D eigenvalue weighted by atomic mass is 15.3. The van der Waals surface area contributed by atoms with E-state index in [9.17, 15) is 0 Å². The Labute approximate surface area is 163 Å². The Bertz CT molecular complexity index is 1100. The molecule has 5 rings (SSSR count). The molecule has 2 aromatic heterocycles. The van der Waals surface area contributed by atoms with Crippen LogP contribution >= 0.6 is 0 Å². The summed E-state index contributed by atoms with van der Waals surface area (Å²) in [5.41, 5.74) is 5.46. The summed E-state index contributed by atoms with van der Waals surface area (Å²) >= 11 is 0. The number of aromatic nitrogens is 4. The Morgan fingerprint density at radius 2 is 1.68 bits per heavy atom. The molecule has 2 aromatic carbocycles. The van der Waals surface area contributed by atoms with E-state index in [1.165, 1.54) is 11.1 Å². The van der Waals surface area contributed by atoms with E-state index in [-0.39, 0.29) is 0 Å². The van der Waals surface area contributed by atoms with Crippen LogP contribution < -0.4 is 4.90 Å². The predicted molar refractivity (Wildman–Crippen MR) is 112 cm³/mol. The Kier molecular flexibility index (Phi) is 4.25. The number of nitrogens with one attached hydrogen (secondary N) is 1. The van der Waals surface area contributed by atoms with Gasteiger partial charge in [-0.25, -0.2) is 9.97 Å². The van der Waals surface area contributed by atoms with Gasteiger partial charge in [-0.15, -0.1) is 0 Å². The third-order valence-corrected chi connectivity index (χ3v) is 5.42. The smallest absolute Gasteiger partial charge is 0.139 e. The Morgan fingerprint density at radius 3 is 2.50 bits per heavy atom. The lowest BCUT2D eigenvalue weighted by Gasteiger charge is -2.33. The van der Waals surface area contributed by atoms with Crippen LogP contribution in [0.3, 0.4) is 0 Å². The molecule has 0 bridgehead atoms. The number of H-pyrrole nitrogens is 1. The van der Waals surface area contributed by atoms with Gasteiger partial charge in [0, 0.05) is 43.3 Å². The maximum Gasteiger partial charge on any atom is 0.139 e. The first kappa shape index (κ1) is 16.9. The van der Waals surface area contributed by atoms with Gasteiger partial charge in [-0.1, -0.05) is 24.3 Å². The van der Waals surface area contributed by atoms with E-state index in [1.807, 2.05) is 6.07 Å². The fourth-order valence-electron chi connectivity index (χ4n) is 3.78. The van der Waals surface area contributed by atoms with E-state index >= 15 is 0 Å². The van der Waals surface area contributed by atoms with Crippen molar-refractivity contribution in [1.82, 2.24) is 25.1 Å². The van der Waals surface area contributed by atoms with Crippen molar-refractivity contribution in [3.8, 4) is 22.4 Å². The minimum atomic E-state index is 0.984. The lowest BCUT2D eigenvalue weighted by molar-refractivity contribution is 0.312. The van der Waals surface area contributed by atoms with Crippen LogP contribution in [0.2, 0.25) is 0 Å². The maximum atomic E-state index is 4.63. The van der Waals surface area contributed by atoms with Crippen LogP contribution in [0.25, 0.3) is 33.3 Å². The number of piperazine rings is 1. The van der Waals surface area contributed by atoms with E-state index in [4.69, 9.17) is 0 Å². The molecule has 3 heterocycles. The summed E-state index contributed by atoms with van der Waals surface area (Å²) in [5.74, 6) is 1.03. The normalized spacial score (nSPS) is 15.2. The number of nitrogens with zero attached hydrogens (tertiary/aromatic N) is 5. The fraction of sp³-hybridized carbons (Fsp3) is 0.227. The second-order valence-electron chi connectivity index (χ2n) is 7.27. The molecule has 0 amide bonds. The van der Waals surface area contributed by atoms with Crippen molar-refractivity contribution in [3.05, 3.63) is 61.1 Å². The summed E-state index contributed by atoms with van der Waals surface area (Å²) in [4.78, 5) is 13.8. The quantitative estimate of drug-likeness (QED) is 0.599. The number of hydrogen-bond acceptors (Lipinski definition) is 5. The minimum Gasteiger partial charge on any atom is -0.353 e. The maximum absolute atomic E-state index is 4.63. The predicted octanol–water partition coefficient (Wildman–Crippen LogP) is 3.44. The molecule has 140 valence electrons. The zero-order valence-electron chi connectivity index (χ0n) is 15.8. The van der Waals surface area contributed by atoms with E-state index in [0.717, 1.165) is 54.2 Å². The number of benzene rings is 2. The molecule has 1 fully saturated rings. The van der Waals surface area contributed by atoms with Gasteiger partial charge in [0.05, 0.1) is 11.2 Å². The molecule has 4 aromatic rings. The molecule has 6 heteroatoms. The van der Waals surface area contributed by atoms with Crippen LogP contribution in [0.15, 0.2) is 61.1 Å². The van der Waals surface area contributed by atoms with Crippen LogP contribution in [0, 0.1) is 0 Å². The van der Waals surface area contributed by atoms with Crippen molar-refractivity contribution in [1.29, 1.82) is 0 Å². The van der Waals surface area contributed by atoms with Crippen molar-refractivity contribution < 1.29 is 0 Å². The molecule has 1 N–H and O–H groups in total. The lowest BCUT2D eigenvalue weighted by Crippen LogP contribution is -2.44. The van der Waals surface area contributed by atoms with E-state index in [0.29, 0.717) is 0 Å². The first-order chi connectivity index (χ1) is 13.8. The van der Waals surface area contributed by atoms with Gasteiger partial charge in [0.2, 0.25) is 0 Å². The topological polar surface area (TPSA) is 60.9 Å². The highest BCUT2D eigenvalue weighted by Gasteiger charge is 2.18. The van der Waals surface area contributed by atoms with Crippen molar-refractivity contribution in [3.63, 3.8) is 0 Å². The van der Waals surface area contributed by atoms with Gasteiger partial charge in [-0.2, -0.15) is 5.10 Å². The summed E-state index contributed by atoms with van der Waals surface area (Å²) in [6.45, 7) is 4.08. The highest BCUT2D eigenvalue weighted by molar-refractivity contribution is 5.93. The summed E-state index contributed by atoms with van der Waals surface area (Å²) in [7, 11) is 2.17. The third-order valence-electron chi connectivity index (χ3n) is 5.42. The number of anilines is 1. The van der Waals surface area contributed by atoms with Crippen LogP contribution in [-0.2, 0) is 0 Å². The molecular formula is C22H22N6.